The first-order valence-electron chi connectivity index (χ1n) is 13.5. The fraction of sp³-hybridized carbons (Fsp3) is 1.00. The monoisotopic (exact) mass is 418 g/mol. The highest BCUT2D eigenvalue weighted by molar-refractivity contribution is 5.12. The number of rotatable bonds is 6. The molecule has 0 aromatic rings. The van der Waals surface area contributed by atoms with Crippen LogP contribution in [0.5, 0.6) is 0 Å². The van der Waals surface area contributed by atoms with Gasteiger partial charge in [0.2, 0.25) is 0 Å². The van der Waals surface area contributed by atoms with E-state index in [2.05, 4.69) is 34.6 Å². The topological polar surface area (TPSA) is 40.5 Å². The first-order valence-corrected chi connectivity index (χ1v) is 13.5. The van der Waals surface area contributed by atoms with Gasteiger partial charge in [-0.1, -0.05) is 60.3 Å². The van der Waals surface area contributed by atoms with Crippen LogP contribution in [0.15, 0.2) is 0 Å². The highest BCUT2D eigenvalue weighted by Crippen LogP contribution is 2.69. The maximum atomic E-state index is 11.2. The van der Waals surface area contributed by atoms with Gasteiger partial charge in [0.25, 0.3) is 0 Å². The third-order valence-electron chi connectivity index (χ3n) is 11.3. The van der Waals surface area contributed by atoms with Crippen LogP contribution in [0.1, 0.15) is 118 Å². The Morgan fingerprint density at radius 2 is 1.50 bits per heavy atom. The van der Waals surface area contributed by atoms with Crippen molar-refractivity contribution >= 4 is 0 Å². The van der Waals surface area contributed by atoms with E-state index in [-0.39, 0.29) is 17.6 Å². The van der Waals surface area contributed by atoms with Gasteiger partial charge in [0.15, 0.2) is 0 Å². The number of unbranched alkanes of at least 4 members (excludes halogenated alkanes) is 3. The molecular weight excluding hydrogens is 368 g/mol. The average molecular weight is 419 g/mol. The molecule has 4 aliphatic carbocycles. The van der Waals surface area contributed by atoms with E-state index >= 15 is 0 Å². The summed E-state index contributed by atoms with van der Waals surface area (Å²) in [5.74, 6) is 3.43. The van der Waals surface area contributed by atoms with Crippen molar-refractivity contribution in [3.63, 3.8) is 0 Å². The molecule has 4 fully saturated rings. The summed E-state index contributed by atoms with van der Waals surface area (Å²) in [5.41, 5.74) is 1.15. The molecule has 0 amide bonds. The van der Waals surface area contributed by atoms with Crippen LogP contribution in [0.2, 0.25) is 0 Å². The molecular formula is C28H50O2. The molecule has 2 nitrogen and oxygen atoms in total. The maximum Gasteiger partial charge on any atom is 0.0577 e. The molecule has 4 saturated carbocycles. The van der Waals surface area contributed by atoms with Crippen molar-refractivity contribution in [1.82, 2.24) is 0 Å². The Kier molecular flexibility index (Phi) is 6.44. The van der Waals surface area contributed by atoms with Crippen molar-refractivity contribution in [3.05, 3.63) is 0 Å². The Morgan fingerprint density at radius 1 is 0.800 bits per heavy atom. The molecule has 0 aromatic carbocycles. The first-order chi connectivity index (χ1) is 14.1. The molecule has 9 atom stereocenters. The van der Waals surface area contributed by atoms with E-state index in [4.69, 9.17) is 0 Å². The molecule has 4 aliphatic rings. The van der Waals surface area contributed by atoms with Crippen molar-refractivity contribution < 1.29 is 10.2 Å². The SMILES string of the molecule is CCCCCCC(C)(C)[C@H]1CCC2C3C[C@H](O)[C@H]4C[C@@H](O)CC[C@]4(C)C3CC[C@@]21C. The number of hydrogen-bond acceptors (Lipinski definition) is 2. The van der Waals surface area contributed by atoms with Gasteiger partial charge in [-0.25, -0.2) is 0 Å². The van der Waals surface area contributed by atoms with E-state index < -0.39 is 0 Å². The molecule has 0 bridgehead atoms. The first kappa shape index (κ1) is 23.1. The number of aliphatic hydroxyl groups excluding tert-OH is 2. The smallest absolute Gasteiger partial charge is 0.0577 e. The van der Waals surface area contributed by atoms with Gasteiger partial charge in [-0.05, 0) is 104 Å². The number of aliphatic hydroxyl groups is 2. The Morgan fingerprint density at radius 3 is 2.23 bits per heavy atom. The Hall–Kier alpha value is -0.0800. The molecule has 0 spiro atoms. The van der Waals surface area contributed by atoms with Crippen LogP contribution in [0.3, 0.4) is 0 Å². The summed E-state index contributed by atoms with van der Waals surface area (Å²) < 4.78 is 0. The third-order valence-corrected chi connectivity index (χ3v) is 11.3. The lowest BCUT2D eigenvalue weighted by molar-refractivity contribution is -0.174. The molecule has 0 radical (unpaired) electrons. The summed E-state index contributed by atoms with van der Waals surface area (Å²) >= 11 is 0. The second-order valence-electron chi connectivity index (χ2n) is 13.2. The zero-order chi connectivity index (χ0) is 21.7. The fourth-order valence-corrected chi connectivity index (χ4v) is 9.74. The zero-order valence-electron chi connectivity index (χ0n) is 20.6. The van der Waals surface area contributed by atoms with Crippen molar-refractivity contribution in [1.29, 1.82) is 0 Å². The summed E-state index contributed by atoms with van der Waals surface area (Å²) in [6.45, 7) is 12.6. The van der Waals surface area contributed by atoms with Crippen LogP contribution in [-0.4, -0.2) is 22.4 Å². The maximum absolute atomic E-state index is 11.2. The number of hydrogen-bond donors (Lipinski definition) is 2. The Labute approximate surface area is 186 Å². The van der Waals surface area contributed by atoms with Gasteiger partial charge < -0.3 is 10.2 Å². The van der Waals surface area contributed by atoms with E-state index in [1.165, 1.54) is 57.8 Å². The summed E-state index contributed by atoms with van der Waals surface area (Å²) in [6, 6.07) is 0. The highest BCUT2D eigenvalue weighted by atomic mass is 16.3. The summed E-state index contributed by atoms with van der Waals surface area (Å²) in [6.07, 6.45) is 15.9. The van der Waals surface area contributed by atoms with Crippen LogP contribution in [0.25, 0.3) is 0 Å². The molecule has 2 N–H and O–H groups in total. The van der Waals surface area contributed by atoms with E-state index in [9.17, 15) is 10.2 Å². The van der Waals surface area contributed by atoms with Gasteiger partial charge >= 0.3 is 0 Å². The van der Waals surface area contributed by atoms with Crippen molar-refractivity contribution in [2.24, 2.45) is 45.8 Å². The average Bonchev–Trinajstić information content (AvgIpc) is 3.05. The van der Waals surface area contributed by atoms with Crippen LogP contribution in [0.4, 0.5) is 0 Å². The van der Waals surface area contributed by atoms with E-state index in [0.717, 1.165) is 43.4 Å². The lowest BCUT2D eigenvalue weighted by Crippen LogP contribution is -2.58. The van der Waals surface area contributed by atoms with E-state index in [1.54, 1.807) is 0 Å². The van der Waals surface area contributed by atoms with E-state index in [0.29, 0.717) is 22.7 Å². The van der Waals surface area contributed by atoms with E-state index in [1.807, 2.05) is 0 Å². The minimum absolute atomic E-state index is 0.188. The number of fused-ring (bicyclic) bond motifs is 5. The Balaban J connectivity index is 1.52. The van der Waals surface area contributed by atoms with Crippen molar-refractivity contribution in [2.75, 3.05) is 0 Å². The van der Waals surface area contributed by atoms with Crippen LogP contribution < -0.4 is 0 Å². The van der Waals surface area contributed by atoms with Gasteiger partial charge in [0.1, 0.15) is 0 Å². The normalized spacial score (nSPS) is 48.7. The Bertz CT molecular complexity index is 599. The standard InChI is InChI=1S/C28H50O2/c1-6-7-8-9-14-26(2,3)25-11-10-21-20-18-24(30)23-17-19(29)12-15-27(23,4)22(20)13-16-28(21,25)5/h19-25,29-30H,6-18H2,1-5H3/t19-,20?,21?,22?,23+,24-,25+,27+,28-/m0/s1. The minimum Gasteiger partial charge on any atom is -0.393 e. The van der Waals surface area contributed by atoms with Gasteiger partial charge in [-0.2, -0.15) is 0 Å². The highest BCUT2D eigenvalue weighted by Gasteiger charge is 2.63. The van der Waals surface area contributed by atoms with Gasteiger partial charge in [-0.15, -0.1) is 0 Å². The fourth-order valence-electron chi connectivity index (χ4n) is 9.74. The van der Waals surface area contributed by atoms with Crippen molar-refractivity contribution in [3.8, 4) is 0 Å². The molecule has 0 aromatic heterocycles. The predicted molar refractivity (Wildman–Crippen MR) is 125 cm³/mol. The minimum atomic E-state index is -0.199. The second kappa shape index (κ2) is 8.36. The molecule has 0 saturated heterocycles. The van der Waals surface area contributed by atoms with Crippen LogP contribution in [0, 0.1) is 45.8 Å². The van der Waals surface area contributed by atoms with Gasteiger partial charge in [0.05, 0.1) is 12.2 Å². The molecule has 0 heterocycles. The van der Waals surface area contributed by atoms with Crippen molar-refractivity contribution in [2.45, 2.75) is 130 Å². The van der Waals surface area contributed by atoms with Crippen LogP contribution in [-0.2, 0) is 0 Å². The largest absolute Gasteiger partial charge is 0.393 e. The lowest BCUT2D eigenvalue weighted by atomic mass is 9.43. The predicted octanol–water partition coefficient (Wildman–Crippen LogP) is 6.97. The summed E-state index contributed by atoms with van der Waals surface area (Å²) in [7, 11) is 0. The quantitative estimate of drug-likeness (QED) is 0.457. The molecule has 0 aliphatic heterocycles. The summed E-state index contributed by atoms with van der Waals surface area (Å²) in [4.78, 5) is 0. The molecule has 2 heteroatoms. The lowest BCUT2D eigenvalue weighted by Gasteiger charge is -2.62. The molecule has 4 rings (SSSR count). The molecule has 3 unspecified atom stereocenters. The molecule has 30 heavy (non-hydrogen) atoms. The molecule has 174 valence electrons. The third kappa shape index (κ3) is 3.70. The zero-order valence-corrected chi connectivity index (χ0v) is 20.6. The van der Waals surface area contributed by atoms with Crippen LogP contribution >= 0.6 is 0 Å². The summed E-state index contributed by atoms with van der Waals surface area (Å²) in [5, 5.41) is 21.5. The van der Waals surface area contributed by atoms with Gasteiger partial charge in [-0.3, -0.25) is 0 Å². The van der Waals surface area contributed by atoms with Gasteiger partial charge in [0, 0.05) is 0 Å². The second-order valence-corrected chi connectivity index (χ2v) is 13.2.